The molecule has 1 aromatic rings. The van der Waals surface area contributed by atoms with Gasteiger partial charge in [-0.1, -0.05) is 0 Å². The second-order valence-corrected chi connectivity index (χ2v) is 4.46. The molecule has 8 heteroatoms. The molecule has 0 radical (unpaired) electrons. The number of ether oxygens (including phenoxy) is 2. The Bertz CT molecular complexity index is 460. The summed E-state index contributed by atoms with van der Waals surface area (Å²) in [7, 11) is 3.00. The molecule has 1 aliphatic rings. The Hall–Kier alpha value is -2.12. The average Bonchev–Trinajstić information content (AvgIpc) is 2.72. The maximum Gasteiger partial charge on any atom is 0.324 e. The number of carbonyl (C=O) groups is 1. The molecule has 1 aliphatic heterocycles. The molecule has 8 nitrogen and oxygen atoms in total. The summed E-state index contributed by atoms with van der Waals surface area (Å²) in [6.45, 7) is 4.46. The smallest absolute Gasteiger partial charge is 0.324 e. The van der Waals surface area contributed by atoms with Crippen LogP contribution >= 0.6 is 0 Å². The fourth-order valence-electron chi connectivity index (χ4n) is 2.08. The third-order valence-electron chi connectivity index (χ3n) is 3.17. The van der Waals surface area contributed by atoms with Gasteiger partial charge in [-0.2, -0.15) is 9.97 Å². The van der Waals surface area contributed by atoms with E-state index in [2.05, 4.69) is 15.0 Å². The molecule has 0 aliphatic carbocycles. The predicted molar refractivity (Wildman–Crippen MR) is 72.0 cm³/mol. The summed E-state index contributed by atoms with van der Waals surface area (Å²) in [6.07, 6.45) is 0.871. The molecular weight excluding hydrogens is 262 g/mol. The Labute approximate surface area is 117 Å². The molecule has 1 amide bonds. The Morgan fingerprint density at radius 3 is 2.20 bits per heavy atom. The van der Waals surface area contributed by atoms with Gasteiger partial charge < -0.3 is 19.3 Å². The van der Waals surface area contributed by atoms with Gasteiger partial charge in [0.1, 0.15) is 0 Å². The van der Waals surface area contributed by atoms with Crippen LogP contribution in [0.15, 0.2) is 0 Å². The second kappa shape index (κ2) is 6.36. The van der Waals surface area contributed by atoms with E-state index in [1.165, 1.54) is 14.2 Å². The zero-order chi connectivity index (χ0) is 14.5. The Balaban J connectivity index is 2.16. The summed E-state index contributed by atoms with van der Waals surface area (Å²) < 4.78 is 10.1. The van der Waals surface area contributed by atoms with Crippen LogP contribution in [0.4, 0.5) is 5.95 Å². The minimum atomic E-state index is 0.0951. The lowest BCUT2D eigenvalue weighted by atomic mass is 10.4. The zero-order valence-corrected chi connectivity index (χ0v) is 12.0. The van der Waals surface area contributed by atoms with Crippen molar-refractivity contribution in [2.75, 3.05) is 45.3 Å². The van der Waals surface area contributed by atoms with Crippen LogP contribution in [-0.2, 0) is 4.79 Å². The summed E-state index contributed by atoms with van der Waals surface area (Å²) in [5, 5.41) is 0. The zero-order valence-electron chi connectivity index (χ0n) is 12.0. The fraction of sp³-hybridized carbons (Fsp3) is 0.667. The highest BCUT2D eigenvalue weighted by Gasteiger charge is 2.20. The van der Waals surface area contributed by atoms with Crippen molar-refractivity contribution in [1.29, 1.82) is 0 Å². The molecule has 2 rings (SSSR count). The molecule has 110 valence electrons. The van der Waals surface area contributed by atoms with Crippen molar-refractivity contribution in [2.24, 2.45) is 0 Å². The van der Waals surface area contributed by atoms with Gasteiger partial charge in [0.25, 0.3) is 0 Å². The third-order valence-corrected chi connectivity index (χ3v) is 3.17. The fourth-order valence-corrected chi connectivity index (χ4v) is 2.08. The number of anilines is 1. The molecule has 1 saturated heterocycles. The number of methoxy groups -OCH3 is 2. The molecule has 0 saturated carbocycles. The number of rotatable bonds is 3. The van der Waals surface area contributed by atoms with Gasteiger partial charge in [-0.05, 0) is 6.42 Å². The molecule has 1 fully saturated rings. The van der Waals surface area contributed by atoms with Crippen LogP contribution in [0.3, 0.4) is 0 Å². The number of hydrogen-bond acceptors (Lipinski definition) is 7. The van der Waals surface area contributed by atoms with E-state index >= 15 is 0 Å². The van der Waals surface area contributed by atoms with Gasteiger partial charge in [0, 0.05) is 33.1 Å². The number of hydrogen-bond donors (Lipinski definition) is 0. The maximum atomic E-state index is 11.4. The van der Waals surface area contributed by atoms with Crippen molar-refractivity contribution in [2.45, 2.75) is 13.3 Å². The van der Waals surface area contributed by atoms with E-state index in [0.29, 0.717) is 19.0 Å². The van der Waals surface area contributed by atoms with E-state index < -0.39 is 0 Å². The summed E-state index contributed by atoms with van der Waals surface area (Å²) in [5.41, 5.74) is 0. The van der Waals surface area contributed by atoms with Crippen LogP contribution in [0, 0.1) is 0 Å². The van der Waals surface area contributed by atoms with Gasteiger partial charge in [0.15, 0.2) is 0 Å². The average molecular weight is 281 g/mol. The van der Waals surface area contributed by atoms with Crippen LogP contribution in [0.25, 0.3) is 0 Å². The number of nitrogens with zero attached hydrogens (tertiary/aromatic N) is 5. The standard InChI is InChI=1S/C12H19N5O3/c1-9(18)16-5-4-6-17(8-7-16)10-13-11(19-2)15-12(14-10)20-3/h4-8H2,1-3H3. The van der Waals surface area contributed by atoms with Crippen LogP contribution in [0.2, 0.25) is 0 Å². The largest absolute Gasteiger partial charge is 0.467 e. The molecule has 0 aromatic carbocycles. The van der Waals surface area contributed by atoms with E-state index in [4.69, 9.17) is 9.47 Å². The van der Waals surface area contributed by atoms with Gasteiger partial charge >= 0.3 is 12.0 Å². The Kier molecular flexibility index (Phi) is 4.54. The van der Waals surface area contributed by atoms with E-state index in [9.17, 15) is 4.79 Å². The first-order valence-electron chi connectivity index (χ1n) is 6.48. The van der Waals surface area contributed by atoms with E-state index in [0.717, 1.165) is 19.5 Å². The van der Waals surface area contributed by atoms with Crippen molar-refractivity contribution in [1.82, 2.24) is 19.9 Å². The molecule has 0 atom stereocenters. The van der Waals surface area contributed by atoms with Crippen LogP contribution in [-0.4, -0.2) is 66.2 Å². The number of amides is 1. The summed E-state index contributed by atoms with van der Waals surface area (Å²) in [4.78, 5) is 27.7. The van der Waals surface area contributed by atoms with Crippen molar-refractivity contribution in [3.05, 3.63) is 0 Å². The quantitative estimate of drug-likeness (QED) is 0.768. The number of aromatic nitrogens is 3. The topological polar surface area (TPSA) is 80.7 Å². The van der Waals surface area contributed by atoms with E-state index in [1.807, 2.05) is 9.80 Å². The highest BCUT2D eigenvalue weighted by Crippen LogP contribution is 2.17. The molecule has 0 bridgehead atoms. The van der Waals surface area contributed by atoms with Gasteiger partial charge in [-0.25, -0.2) is 0 Å². The Morgan fingerprint density at radius 1 is 1.00 bits per heavy atom. The van der Waals surface area contributed by atoms with E-state index in [-0.39, 0.29) is 17.9 Å². The van der Waals surface area contributed by atoms with Crippen LogP contribution in [0.5, 0.6) is 12.0 Å². The normalized spacial score (nSPS) is 15.8. The molecular formula is C12H19N5O3. The SMILES string of the molecule is COc1nc(OC)nc(N2CCCN(C(C)=O)CC2)n1. The molecule has 0 unspecified atom stereocenters. The number of carbonyl (C=O) groups excluding carboxylic acids is 1. The van der Waals surface area contributed by atoms with Crippen molar-refractivity contribution in [3.8, 4) is 12.0 Å². The highest BCUT2D eigenvalue weighted by atomic mass is 16.5. The summed E-state index contributed by atoms with van der Waals surface area (Å²) >= 11 is 0. The van der Waals surface area contributed by atoms with Gasteiger partial charge in [-0.15, -0.1) is 4.98 Å². The van der Waals surface area contributed by atoms with Gasteiger partial charge in [0.05, 0.1) is 14.2 Å². The molecule has 0 spiro atoms. The lowest BCUT2D eigenvalue weighted by Crippen LogP contribution is -2.34. The minimum absolute atomic E-state index is 0.0951. The van der Waals surface area contributed by atoms with Crippen LogP contribution in [0.1, 0.15) is 13.3 Å². The summed E-state index contributed by atoms with van der Waals surface area (Å²) in [6, 6.07) is 0.444. The first-order chi connectivity index (χ1) is 9.63. The van der Waals surface area contributed by atoms with Crippen molar-refractivity contribution < 1.29 is 14.3 Å². The third kappa shape index (κ3) is 3.25. The minimum Gasteiger partial charge on any atom is -0.467 e. The first-order valence-corrected chi connectivity index (χ1v) is 6.48. The maximum absolute atomic E-state index is 11.4. The first kappa shape index (κ1) is 14.3. The monoisotopic (exact) mass is 281 g/mol. The van der Waals surface area contributed by atoms with Gasteiger partial charge in [0.2, 0.25) is 11.9 Å². The molecule has 1 aromatic heterocycles. The summed E-state index contributed by atoms with van der Waals surface area (Å²) in [5.74, 6) is 0.608. The van der Waals surface area contributed by atoms with Crippen LogP contribution < -0.4 is 14.4 Å². The lowest BCUT2D eigenvalue weighted by molar-refractivity contribution is -0.128. The highest BCUT2D eigenvalue weighted by molar-refractivity contribution is 5.73. The van der Waals surface area contributed by atoms with E-state index in [1.54, 1.807) is 6.92 Å². The van der Waals surface area contributed by atoms with Crippen molar-refractivity contribution >= 4 is 11.9 Å². The second-order valence-electron chi connectivity index (χ2n) is 4.46. The Morgan fingerprint density at radius 2 is 1.65 bits per heavy atom. The molecule has 0 N–H and O–H groups in total. The lowest BCUT2D eigenvalue weighted by Gasteiger charge is -2.21. The van der Waals surface area contributed by atoms with Crippen molar-refractivity contribution in [3.63, 3.8) is 0 Å². The molecule has 20 heavy (non-hydrogen) atoms. The van der Waals surface area contributed by atoms with Gasteiger partial charge in [-0.3, -0.25) is 4.79 Å². The molecule has 2 heterocycles. The predicted octanol–water partition coefficient (Wildman–Crippen LogP) is -0.0526.